The summed E-state index contributed by atoms with van der Waals surface area (Å²) < 4.78 is 16.0. The number of furan rings is 2. The van der Waals surface area contributed by atoms with Crippen molar-refractivity contribution in [3.63, 3.8) is 0 Å². The molecular formula is C95H70B2N6O2S. The minimum atomic E-state index is -0.280. The van der Waals surface area contributed by atoms with Crippen LogP contribution in [-0.2, 0) is 18.3 Å². The van der Waals surface area contributed by atoms with Crippen molar-refractivity contribution in [1.29, 1.82) is 0 Å². The highest BCUT2D eigenvalue weighted by Crippen LogP contribution is 2.53. The quantitative estimate of drug-likeness (QED) is 0.106. The molecule has 0 spiro atoms. The summed E-state index contributed by atoms with van der Waals surface area (Å²) in [5.74, 6) is 2.23. The molecule has 13 aromatic carbocycles. The van der Waals surface area contributed by atoms with Crippen molar-refractivity contribution in [2.75, 3.05) is 29.4 Å². The Balaban J connectivity index is 0.695. The maximum Gasteiger partial charge on any atom is 0.297 e. The van der Waals surface area contributed by atoms with Gasteiger partial charge in [0.05, 0.1) is 22.7 Å². The van der Waals surface area contributed by atoms with E-state index in [4.69, 9.17) is 8.83 Å². The highest BCUT2D eigenvalue weighted by Gasteiger charge is 2.50. The van der Waals surface area contributed by atoms with Gasteiger partial charge in [-0.25, -0.2) is 0 Å². The third kappa shape index (κ3) is 9.83. The van der Waals surface area contributed by atoms with Crippen LogP contribution >= 0.6 is 11.3 Å². The molecule has 0 saturated carbocycles. The lowest BCUT2D eigenvalue weighted by molar-refractivity contribution is 0.504. The lowest BCUT2D eigenvalue weighted by atomic mass is 9.33. The molecule has 0 saturated heterocycles. The summed E-state index contributed by atoms with van der Waals surface area (Å²) in [6.07, 6.45) is 6.32. The molecule has 504 valence electrons. The van der Waals surface area contributed by atoms with E-state index in [2.05, 4.69) is 389 Å². The standard InChI is InChI=1S/C95H70B2N6O2S/c1-62-42-51-77-87(54-62)104-93-92(77)102(71-36-20-9-21-37-71)84-58-74(98(66-26-10-4-11-27-66)67-28-12-5-13-29-67)57-83-91(84)97(93)79-60-88-64(52-53-106-88)55-81(79)101(83)72-47-43-63(44-48-72)61-95(2,3)65-45-49-73(50-46-65)103-85-59-75(99(68-30-14-6-15-31-68)69-32-16-7-17-33-69)56-82-90(85)96(89-76-38-22-25-41-86(76)105-94(89)103)78-39-23-24-40-80(78)100(82)70-34-18-8-19-35-70/h4-53,55-60,62H,54,61H2,1-3H3. The van der Waals surface area contributed by atoms with E-state index in [1.165, 1.54) is 48.5 Å². The van der Waals surface area contributed by atoms with Crippen LogP contribution in [0.2, 0.25) is 0 Å². The predicted octanol–water partition coefficient (Wildman–Crippen LogP) is 22.1. The second-order valence-electron chi connectivity index (χ2n) is 29.4. The molecular weight excluding hydrogens is 1310 g/mol. The van der Waals surface area contributed by atoms with E-state index in [0.717, 1.165) is 143 Å². The summed E-state index contributed by atoms with van der Waals surface area (Å²) in [5, 5.41) is 4.57. The van der Waals surface area contributed by atoms with Crippen molar-refractivity contribution in [2.45, 2.75) is 39.0 Å². The van der Waals surface area contributed by atoms with Gasteiger partial charge < -0.3 is 33.3 Å². The normalized spacial score (nSPS) is 14.3. The van der Waals surface area contributed by atoms with E-state index >= 15 is 0 Å². The third-order valence-corrected chi connectivity index (χ3v) is 23.4. The SMILES string of the molecule is CC1C=Cc2c(oc3c2N(c2ccccc2)c2cc(N(c4ccccc4)c4ccccc4)cc4c2B3c2cc3sccc3cc2N4c2ccc(CC(C)(C)c3ccc(N4c5cc(N(c6ccccc6)c6ccccc6)cc6c5B(c5ccccc5N6c5ccccc5)c5c4oc4ccccc54)cc3)cc2)C1. The van der Waals surface area contributed by atoms with Gasteiger partial charge in [0.1, 0.15) is 11.3 Å². The molecule has 0 fully saturated rings. The van der Waals surface area contributed by atoms with E-state index < -0.39 is 0 Å². The van der Waals surface area contributed by atoms with Crippen LogP contribution in [0.4, 0.5) is 103 Å². The van der Waals surface area contributed by atoms with Crippen LogP contribution in [-0.4, -0.2) is 13.4 Å². The Labute approximate surface area is 622 Å². The average molecular weight is 1380 g/mol. The lowest BCUT2D eigenvalue weighted by Gasteiger charge is -2.43. The Morgan fingerprint density at radius 2 is 0.915 bits per heavy atom. The van der Waals surface area contributed by atoms with E-state index in [-0.39, 0.29) is 18.8 Å². The summed E-state index contributed by atoms with van der Waals surface area (Å²) in [7, 11) is 0. The lowest BCUT2D eigenvalue weighted by Crippen LogP contribution is -2.61. The van der Waals surface area contributed by atoms with Crippen LogP contribution in [0.3, 0.4) is 0 Å². The fourth-order valence-corrected chi connectivity index (χ4v) is 18.6. The fraction of sp³-hybridized carbons (Fsp3) is 0.0737. The summed E-state index contributed by atoms with van der Waals surface area (Å²) in [6.45, 7) is 6.75. The molecule has 4 aliphatic heterocycles. The molecule has 106 heavy (non-hydrogen) atoms. The Kier molecular flexibility index (Phi) is 14.3. The predicted molar refractivity (Wildman–Crippen MR) is 446 cm³/mol. The molecule has 1 atom stereocenters. The van der Waals surface area contributed by atoms with Crippen LogP contribution in [0.15, 0.2) is 342 Å². The zero-order valence-electron chi connectivity index (χ0n) is 58.9. The number of anilines is 18. The van der Waals surface area contributed by atoms with Gasteiger partial charge >= 0.3 is 0 Å². The first kappa shape index (κ1) is 61.9. The monoisotopic (exact) mass is 1380 g/mol. The van der Waals surface area contributed by atoms with Crippen molar-refractivity contribution in [2.24, 2.45) is 5.92 Å². The van der Waals surface area contributed by atoms with Gasteiger partial charge in [0, 0.05) is 107 Å². The van der Waals surface area contributed by atoms with Crippen molar-refractivity contribution in [1.82, 2.24) is 0 Å². The van der Waals surface area contributed by atoms with Gasteiger partial charge in [-0.2, -0.15) is 0 Å². The molecule has 0 bridgehead atoms. The highest BCUT2D eigenvalue weighted by molar-refractivity contribution is 7.17. The first-order valence-electron chi connectivity index (χ1n) is 36.9. The molecule has 16 aromatic rings. The third-order valence-electron chi connectivity index (χ3n) is 22.5. The van der Waals surface area contributed by atoms with Crippen LogP contribution < -0.4 is 62.4 Å². The summed E-state index contributed by atoms with van der Waals surface area (Å²) >= 11 is 1.80. The maximum atomic E-state index is 7.44. The molecule has 21 rings (SSSR count). The van der Waals surface area contributed by atoms with Gasteiger partial charge in [0.2, 0.25) is 5.88 Å². The number of rotatable bonds is 13. The molecule has 0 radical (unpaired) electrons. The fourth-order valence-electron chi connectivity index (χ4n) is 17.8. The first-order chi connectivity index (χ1) is 52.2. The Morgan fingerprint density at radius 3 is 1.53 bits per heavy atom. The Morgan fingerprint density at radius 1 is 0.425 bits per heavy atom. The zero-order chi connectivity index (χ0) is 70.3. The van der Waals surface area contributed by atoms with Gasteiger partial charge in [-0.15, -0.1) is 11.3 Å². The summed E-state index contributed by atoms with van der Waals surface area (Å²) in [6, 6.07) is 118. The number of fused-ring (bicyclic) bond motifs is 13. The average Bonchev–Trinajstić information content (AvgIpc) is 1.17. The van der Waals surface area contributed by atoms with E-state index in [1.54, 1.807) is 11.3 Å². The van der Waals surface area contributed by atoms with Gasteiger partial charge in [0.15, 0.2) is 0 Å². The minimum absolute atomic E-state index is 0.127. The number of hydrogen-bond donors (Lipinski definition) is 0. The van der Waals surface area contributed by atoms with E-state index in [1.807, 2.05) is 0 Å². The van der Waals surface area contributed by atoms with Gasteiger partial charge in [-0.3, -0.25) is 4.90 Å². The molecule has 1 aliphatic carbocycles. The molecule has 11 heteroatoms. The molecule has 8 nitrogen and oxygen atoms in total. The molecule has 3 aromatic heterocycles. The number of benzene rings is 13. The Hall–Kier alpha value is -12.7. The minimum Gasteiger partial charge on any atom is -0.472 e. The number of allylic oxidation sites excluding steroid dienone is 1. The van der Waals surface area contributed by atoms with Gasteiger partial charge in [-0.1, -0.05) is 203 Å². The van der Waals surface area contributed by atoms with Crippen LogP contribution in [0.25, 0.3) is 27.1 Å². The smallest absolute Gasteiger partial charge is 0.297 e. The first-order valence-corrected chi connectivity index (χ1v) is 37.7. The zero-order valence-corrected chi connectivity index (χ0v) is 59.7. The second-order valence-corrected chi connectivity index (χ2v) is 30.3. The summed E-state index contributed by atoms with van der Waals surface area (Å²) in [5.41, 5.74) is 29.8. The van der Waals surface area contributed by atoms with E-state index in [0.29, 0.717) is 5.92 Å². The van der Waals surface area contributed by atoms with Crippen LogP contribution in [0, 0.1) is 5.92 Å². The van der Waals surface area contributed by atoms with E-state index in [9.17, 15) is 0 Å². The molecule has 1 unspecified atom stereocenters. The highest BCUT2D eigenvalue weighted by atomic mass is 32.1. The number of thiophene rings is 1. The largest absolute Gasteiger partial charge is 0.472 e. The number of hydrogen-bond acceptors (Lipinski definition) is 9. The Bertz CT molecular complexity index is 6050. The maximum absolute atomic E-state index is 7.44. The van der Waals surface area contributed by atoms with Crippen molar-refractivity contribution < 1.29 is 8.83 Å². The van der Waals surface area contributed by atoms with Gasteiger partial charge in [-0.05, 0) is 213 Å². The molecule has 0 amide bonds. The van der Waals surface area contributed by atoms with Crippen LogP contribution in [0.1, 0.15) is 43.2 Å². The van der Waals surface area contributed by atoms with Crippen LogP contribution in [0.5, 0.6) is 0 Å². The molecule has 0 N–H and O–H groups in total. The molecule has 7 heterocycles. The number of para-hydroxylation sites is 8. The van der Waals surface area contributed by atoms with Gasteiger partial charge in [0.25, 0.3) is 13.4 Å². The van der Waals surface area contributed by atoms with Crippen molar-refractivity contribution >= 4 is 187 Å². The molecule has 5 aliphatic rings. The topological polar surface area (TPSA) is 45.7 Å². The van der Waals surface area contributed by atoms with Crippen molar-refractivity contribution in [3.8, 4) is 0 Å². The summed E-state index contributed by atoms with van der Waals surface area (Å²) in [4.78, 5) is 14.7. The number of nitrogens with zero attached hydrogens (tertiary/aromatic N) is 6. The van der Waals surface area contributed by atoms with Crippen molar-refractivity contribution in [3.05, 3.63) is 355 Å². The second kappa shape index (κ2) is 24.5.